The van der Waals surface area contributed by atoms with Crippen LogP contribution < -0.4 is 14.2 Å². The number of hydrogen-bond acceptors (Lipinski definition) is 7. The van der Waals surface area contributed by atoms with Gasteiger partial charge in [-0.05, 0) is 24.3 Å². The number of rotatable bonds is 4. The van der Waals surface area contributed by atoms with Gasteiger partial charge in [-0.15, -0.1) is 22.7 Å². The van der Waals surface area contributed by atoms with Gasteiger partial charge in [0.25, 0.3) is 0 Å². The molecule has 3 aromatic heterocycles. The Balaban J connectivity index is 1.85. The highest BCUT2D eigenvalue weighted by Gasteiger charge is 2.27. The summed E-state index contributed by atoms with van der Waals surface area (Å²) in [6.45, 7) is 1.08. The van der Waals surface area contributed by atoms with E-state index >= 15 is 0 Å². The molecular formula is C16H12O4S3. The van der Waals surface area contributed by atoms with Gasteiger partial charge in [-0.25, -0.2) is 0 Å². The largest absolute Gasteiger partial charge is 0.487 e. The first-order valence-electron chi connectivity index (χ1n) is 6.92. The first-order valence-corrected chi connectivity index (χ1v) is 9.37. The highest BCUT2D eigenvalue weighted by atomic mass is 32.1. The average molecular weight is 364 g/mol. The van der Waals surface area contributed by atoms with Crippen molar-refractivity contribution in [3.8, 4) is 36.1 Å². The maximum atomic E-state index is 10.9. The summed E-state index contributed by atoms with van der Waals surface area (Å²) in [6.07, 6.45) is 0.872. The van der Waals surface area contributed by atoms with E-state index in [9.17, 15) is 4.79 Å². The van der Waals surface area contributed by atoms with Gasteiger partial charge in [0.1, 0.15) is 13.2 Å². The third-order valence-electron chi connectivity index (χ3n) is 3.37. The minimum Gasteiger partial charge on any atom is -0.487 e. The maximum absolute atomic E-state index is 10.9. The van der Waals surface area contributed by atoms with Crippen LogP contribution in [0.5, 0.6) is 16.6 Å². The predicted molar refractivity (Wildman–Crippen MR) is 93.9 cm³/mol. The van der Waals surface area contributed by atoms with Crippen LogP contribution in [-0.2, 0) is 0 Å². The summed E-state index contributed by atoms with van der Waals surface area (Å²) >= 11 is 4.67. The number of carbonyl (C=O) groups excluding carboxylic acids is 1. The molecule has 3 aromatic rings. The van der Waals surface area contributed by atoms with E-state index in [1.807, 2.05) is 24.3 Å². The molecule has 0 aromatic carbocycles. The van der Waals surface area contributed by atoms with Gasteiger partial charge >= 0.3 is 0 Å². The van der Waals surface area contributed by atoms with E-state index in [1.165, 1.54) is 11.3 Å². The van der Waals surface area contributed by atoms with Crippen LogP contribution in [-0.4, -0.2) is 26.6 Å². The van der Waals surface area contributed by atoms with Crippen LogP contribution in [0.1, 0.15) is 9.67 Å². The fraction of sp³-hybridized carbons (Fsp3) is 0.188. The van der Waals surface area contributed by atoms with E-state index in [1.54, 1.807) is 29.8 Å². The first-order chi connectivity index (χ1) is 11.3. The lowest BCUT2D eigenvalue weighted by Gasteiger charge is -2.16. The third kappa shape index (κ3) is 2.54. The number of hydrogen-bond donors (Lipinski definition) is 0. The molecule has 0 fully saturated rings. The number of methoxy groups -OCH3 is 1. The van der Waals surface area contributed by atoms with Crippen molar-refractivity contribution in [1.82, 2.24) is 0 Å². The van der Waals surface area contributed by atoms with Gasteiger partial charge in [0.05, 0.1) is 26.6 Å². The zero-order valence-corrected chi connectivity index (χ0v) is 14.6. The van der Waals surface area contributed by atoms with Crippen LogP contribution in [0.25, 0.3) is 19.5 Å². The number of carbonyl (C=O) groups is 1. The van der Waals surface area contributed by atoms with Gasteiger partial charge in [-0.1, -0.05) is 11.3 Å². The Morgan fingerprint density at radius 1 is 0.957 bits per heavy atom. The molecule has 0 saturated heterocycles. The fourth-order valence-corrected chi connectivity index (χ4v) is 5.41. The number of fused-ring (bicyclic) bond motifs is 1. The molecule has 0 atom stereocenters. The zero-order chi connectivity index (χ0) is 15.8. The van der Waals surface area contributed by atoms with E-state index in [4.69, 9.17) is 14.2 Å². The molecule has 4 nitrogen and oxygen atoms in total. The Morgan fingerprint density at radius 2 is 1.61 bits per heavy atom. The van der Waals surface area contributed by atoms with Crippen LogP contribution in [0.2, 0.25) is 0 Å². The molecule has 0 unspecified atom stereocenters. The van der Waals surface area contributed by atoms with Gasteiger partial charge in [-0.3, -0.25) is 4.79 Å². The molecule has 0 amide bonds. The second-order valence-electron chi connectivity index (χ2n) is 4.76. The fourth-order valence-electron chi connectivity index (χ4n) is 2.37. The molecule has 0 aliphatic carbocycles. The third-order valence-corrected chi connectivity index (χ3v) is 6.94. The van der Waals surface area contributed by atoms with Gasteiger partial charge < -0.3 is 14.2 Å². The monoisotopic (exact) mass is 364 g/mol. The van der Waals surface area contributed by atoms with E-state index in [-0.39, 0.29) is 0 Å². The summed E-state index contributed by atoms with van der Waals surface area (Å²) in [5.74, 6) is 1.57. The van der Waals surface area contributed by atoms with E-state index in [2.05, 4.69) is 0 Å². The van der Waals surface area contributed by atoms with Crippen molar-refractivity contribution in [2.45, 2.75) is 0 Å². The van der Waals surface area contributed by atoms with Crippen molar-refractivity contribution in [3.05, 3.63) is 29.1 Å². The van der Waals surface area contributed by atoms with E-state index in [0.717, 1.165) is 42.4 Å². The second kappa shape index (κ2) is 5.99. The normalized spacial score (nSPS) is 13.1. The summed E-state index contributed by atoms with van der Waals surface area (Å²) in [5.41, 5.74) is 0. The second-order valence-corrected chi connectivity index (χ2v) is 7.94. The van der Waals surface area contributed by atoms with Gasteiger partial charge in [0.15, 0.2) is 22.8 Å². The molecule has 1 aliphatic rings. The summed E-state index contributed by atoms with van der Waals surface area (Å²) in [6, 6.07) is 7.77. The summed E-state index contributed by atoms with van der Waals surface area (Å²) in [5, 5.41) is 0.861. The van der Waals surface area contributed by atoms with Gasteiger partial charge in [0, 0.05) is 4.88 Å². The number of ether oxygens (including phenoxy) is 3. The topological polar surface area (TPSA) is 44.8 Å². The van der Waals surface area contributed by atoms with E-state index in [0.29, 0.717) is 18.1 Å². The molecule has 7 heteroatoms. The first kappa shape index (κ1) is 14.7. The van der Waals surface area contributed by atoms with Gasteiger partial charge in [0.2, 0.25) is 0 Å². The molecule has 118 valence electrons. The molecule has 1 aliphatic heterocycles. The molecule has 0 radical (unpaired) electrons. The Kier molecular flexibility index (Phi) is 3.84. The lowest BCUT2D eigenvalue weighted by molar-refractivity contribution is 0.112. The molecule has 4 rings (SSSR count). The molecule has 0 bridgehead atoms. The summed E-state index contributed by atoms with van der Waals surface area (Å²) in [7, 11) is 1.66. The molecule has 0 spiro atoms. The highest BCUT2D eigenvalue weighted by Crippen LogP contribution is 2.55. The van der Waals surface area contributed by atoms with Crippen LogP contribution >= 0.6 is 34.0 Å². The lowest BCUT2D eigenvalue weighted by Crippen LogP contribution is -2.14. The lowest BCUT2D eigenvalue weighted by atomic mass is 10.3. The molecule has 0 saturated carbocycles. The quantitative estimate of drug-likeness (QED) is 0.624. The summed E-state index contributed by atoms with van der Waals surface area (Å²) in [4.78, 5) is 15.8. The van der Waals surface area contributed by atoms with Crippen LogP contribution in [0.3, 0.4) is 0 Å². The van der Waals surface area contributed by atoms with Crippen molar-refractivity contribution >= 4 is 40.3 Å². The standard InChI is InChI=1S/C16H12O4S3/c1-18-12-5-4-11(22-12)16-14-13(19-6-7-20-14)15(23-16)10-3-2-9(8-17)21-10/h2-5,8H,6-7H2,1H3. The van der Waals surface area contributed by atoms with Crippen molar-refractivity contribution in [1.29, 1.82) is 0 Å². The van der Waals surface area contributed by atoms with Crippen molar-refractivity contribution in [3.63, 3.8) is 0 Å². The molecule has 23 heavy (non-hydrogen) atoms. The molecular weight excluding hydrogens is 352 g/mol. The summed E-state index contributed by atoms with van der Waals surface area (Å²) < 4.78 is 17.0. The minimum absolute atomic E-state index is 0.538. The molecule has 0 N–H and O–H groups in total. The average Bonchev–Trinajstić information content (AvgIpc) is 3.31. The van der Waals surface area contributed by atoms with Crippen LogP contribution in [0.15, 0.2) is 24.3 Å². The Hall–Kier alpha value is -1.83. The zero-order valence-electron chi connectivity index (χ0n) is 12.2. The SMILES string of the molecule is COc1ccc(-c2sc(-c3ccc(C=O)s3)c3c2OCCO3)s1. The highest BCUT2D eigenvalue weighted by molar-refractivity contribution is 7.27. The minimum atomic E-state index is 0.538. The van der Waals surface area contributed by atoms with Gasteiger partial charge in [-0.2, -0.15) is 0 Å². The number of aldehydes is 1. The Bertz CT molecular complexity index is 859. The van der Waals surface area contributed by atoms with Crippen molar-refractivity contribution in [2.75, 3.05) is 20.3 Å². The van der Waals surface area contributed by atoms with E-state index < -0.39 is 0 Å². The van der Waals surface area contributed by atoms with Crippen molar-refractivity contribution < 1.29 is 19.0 Å². The predicted octanol–water partition coefficient (Wildman–Crippen LogP) is 4.80. The van der Waals surface area contributed by atoms with Crippen LogP contribution in [0.4, 0.5) is 0 Å². The van der Waals surface area contributed by atoms with Crippen molar-refractivity contribution in [2.24, 2.45) is 0 Å². The Labute approximate surface area is 144 Å². The maximum Gasteiger partial charge on any atom is 0.181 e. The molecule has 4 heterocycles. The van der Waals surface area contributed by atoms with Crippen LogP contribution in [0, 0.1) is 0 Å². The smallest absolute Gasteiger partial charge is 0.181 e. The number of thiophene rings is 3. The Morgan fingerprint density at radius 3 is 2.17 bits per heavy atom.